The molecule has 1 saturated heterocycles. The van der Waals surface area contributed by atoms with E-state index in [4.69, 9.17) is 14.0 Å². The number of aromatic nitrogens is 2. The van der Waals surface area contributed by atoms with E-state index in [9.17, 15) is 28.7 Å². The summed E-state index contributed by atoms with van der Waals surface area (Å²) in [5.41, 5.74) is 0.568. The molecule has 1 atom stereocenters. The van der Waals surface area contributed by atoms with Gasteiger partial charge in [0.05, 0.1) is 31.4 Å². The number of Topliss-reactive ketones (excluding diaryl/α,β-unsaturated/α-hetero) is 1. The number of nitrogens with zero attached hydrogens (tertiary/aromatic N) is 5. The summed E-state index contributed by atoms with van der Waals surface area (Å²) in [7, 11) is -2.13. The fourth-order valence-electron chi connectivity index (χ4n) is 4.15. The van der Waals surface area contributed by atoms with Crippen LogP contribution in [0.25, 0.3) is 10.9 Å². The van der Waals surface area contributed by atoms with Gasteiger partial charge in [0.2, 0.25) is 5.88 Å². The standard InChI is InChI=1S/C23H24N5O9P/c1-35-17-12-24-21(36-2)19-18(17)16(13-28(19)14-37-38(33,34)25-32)20(29)23(31)27-10-8-26(9-11-27)22(30)15-6-4-3-5-7-15/h3-7,12-13H,8-11,14H2,1-2H3,(H,33,34). The van der Waals surface area contributed by atoms with Crippen molar-refractivity contribution in [2.75, 3.05) is 40.4 Å². The number of carbonyl (C=O) groups excluding carboxylic acids is 3. The lowest BCUT2D eigenvalue weighted by molar-refractivity contribution is -0.127. The first-order valence-electron chi connectivity index (χ1n) is 11.3. The van der Waals surface area contributed by atoms with Gasteiger partial charge in [-0.05, 0) is 12.1 Å². The third-order valence-electron chi connectivity index (χ3n) is 6.02. The van der Waals surface area contributed by atoms with Crippen LogP contribution < -0.4 is 9.47 Å². The molecular formula is C23H24N5O9P. The lowest BCUT2D eigenvalue weighted by Gasteiger charge is -2.34. The molecule has 1 unspecified atom stereocenters. The molecule has 200 valence electrons. The van der Waals surface area contributed by atoms with Crippen molar-refractivity contribution < 1.29 is 37.8 Å². The van der Waals surface area contributed by atoms with Crippen molar-refractivity contribution in [2.24, 2.45) is 4.95 Å². The molecule has 4 rings (SSSR count). The number of methoxy groups -OCH3 is 2. The summed E-state index contributed by atoms with van der Waals surface area (Å²) in [5.74, 6) is -1.71. The van der Waals surface area contributed by atoms with Crippen LogP contribution in [-0.2, 0) is 20.6 Å². The van der Waals surface area contributed by atoms with Crippen LogP contribution >= 0.6 is 7.75 Å². The third kappa shape index (κ3) is 5.28. The first-order chi connectivity index (χ1) is 18.2. The van der Waals surface area contributed by atoms with Crippen LogP contribution in [0, 0.1) is 4.91 Å². The number of piperazine rings is 1. The van der Waals surface area contributed by atoms with Gasteiger partial charge in [-0.2, -0.15) is 0 Å². The van der Waals surface area contributed by atoms with Gasteiger partial charge in [0.1, 0.15) is 18.0 Å². The Kier molecular flexibility index (Phi) is 7.86. The maximum Gasteiger partial charge on any atom is 0.488 e. The molecule has 0 spiro atoms. The van der Waals surface area contributed by atoms with Gasteiger partial charge in [-0.15, -0.1) is 4.91 Å². The quantitative estimate of drug-likeness (QED) is 0.182. The Morgan fingerprint density at radius 2 is 1.71 bits per heavy atom. The summed E-state index contributed by atoms with van der Waals surface area (Å²) < 4.78 is 28.1. The smallest absolute Gasteiger partial charge is 0.488 e. The molecule has 0 bridgehead atoms. The Bertz CT molecular complexity index is 1430. The maximum absolute atomic E-state index is 13.4. The van der Waals surface area contributed by atoms with Crippen LogP contribution in [0.5, 0.6) is 11.6 Å². The topological polar surface area (TPSA) is 170 Å². The van der Waals surface area contributed by atoms with Gasteiger partial charge < -0.3 is 28.7 Å². The number of hydrogen-bond acceptors (Lipinski definition) is 9. The number of ketones is 1. The van der Waals surface area contributed by atoms with Crippen LogP contribution in [0.1, 0.15) is 20.7 Å². The van der Waals surface area contributed by atoms with Gasteiger partial charge in [0, 0.05) is 42.9 Å². The van der Waals surface area contributed by atoms with E-state index in [2.05, 4.69) is 9.93 Å². The number of benzene rings is 1. The SMILES string of the molecule is COc1cnc(OC)c2c1c(C(=O)C(=O)N1CCN(C(=O)c3ccccc3)CC1)cn2COP(=O)(O)N=O. The van der Waals surface area contributed by atoms with Gasteiger partial charge in [0.25, 0.3) is 17.6 Å². The van der Waals surface area contributed by atoms with Crippen molar-refractivity contribution in [3.8, 4) is 11.6 Å². The molecule has 3 heterocycles. The van der Waals surface area contributed by atoms with Crippen LogP contribution in [0.2, 0.25) is 0 Å². The molecule has 0 aliphatic carbocycles. The molecular weight excluding hydrogens is 521 g/mol. The number of fused-ring (bicyclic) bond motifs is 1. The van der Waals surface area contributed by atoms with E-state index in [0.29, 0.717) is 5.56 Å². The fraction of sp³-hybridized carbons (Fsp3) is 0.304. The summed E-state index contributed by atoms with van der Waals surface area (Å²) in [4.78, 5) is 68.4. The van der Waals surface area contributed by atoms with Crippen molar-refractivity contribution in [3.63, 3.8) is 0 Å². The average molecular weight is 545 g/mol. The molecule has 0 radical (unpaired) electrons. The molecule has 0 saturated carbocycles. The van der Waals surface area contributed by atoms with Crippen molar-refractivity contribution in [2.45, 2.75) is 6.73 Å². The second-order valence-electron chi connectivity index (χ2n) is 8.18. The second kappa shape index (κ2) is 11.1. The molecule has 14 nitrogen and oxygen atoms in total. The van der Waals surface area contributed by atoms with E-state index in [1.807, 2.05) is 6.07 Å². The number of rotatable bonds is 9. The van der Waals surface area contributed by atoms with Crippen LogP contribution in [0.15, 0.2) is 47.7 Å². The monoisotopic (exact) mass is 545 g/mol. The molecule has 1 fully saturated rings. The number of hydrogen-bond donors (Lipinski definition) is 1. The van der Waals surface area contributed by atoms with E-state index in [-0.39, 0.29) is 60.2 Å². The number of nitroso groups, excluding NO2 is 1. The highest BCUT2D eigenvalue weighted by atomic mass is 31.2. The Balaban J connectivity index is 1.60. The van der Waals surface area contributed by atoms with Gasteiger partial charge in [0.15, 0.2) is 0 Å². The van der Waals surface area contributed by atoms with Gasteiger partial charge >= 0.3 is 7.75 Å². The minimum atomic E-state index is -4.79. The number of pyridine rings is 1. The minimum Gasteiger partial charge on any atom is -0.494 e. The highest BCUT2D eigenvalue weighted by Crippen LogP contribution is 2.44. The second-order valence-corrected chi connectivity index (χ2v) is 9.58. The van der Waals surface area contributed by atoms with Crippen LogP contribution in [-0.4, -0.2) is 82.2 Å². The first-order valence-corrected chi connectivity index (χ1v) is 12.8. The normalized spacial score (nSPS) is 15.1. The van der Waals surface area contributed by atoms with Crippen molar-refractivity contribution in [1.82, 2.24) is 19.4 Å². The Morgan fingerprint density at radius 1 is 1.05 bits per heavy atom. The lowest BCUT2D eigenvalue weighted by Crippen LogP contribution is -2.52. The zero-order valence-electron chi connectivity index (χ0n) is 20.5. The van der Waals surface area contributed by atoms with Crippen molar-refractivity contribution >= 4 is 36.2 Å². The summed E-state index contributed by atoms with van der Waals surface area (Å²) in [6.45, 7) is 0.0992. The number of amides is 2. The number of carbonyl (C=O) groups is 3. The van der Waals surface area contributed by atoms with Crippen LogP contribution in [0.3, 0.4) is 0 Å². The van der Waals surface area contributed by atoms with Crippen LogP contribution in [0.4, 0.5) is 0 Å². The number of ether oxygens (including phenoxy) is 2. The molecule has 1 N–H and O–H groups in total. The maximum atomic E-state index is 13.4. The van der Waals surface area contributed by atoms with Gasteiger partial charge in [-0.25, -0.2) is 9.55 Å². The lowest BCUT2D eigenvalue weighted by atomic mass is 10.1. The molecule has 38 heavy (non-hydrogen) atoms. The minimum absolute atomic E-state index is 0.00997. The Morgan fingerprint density at radius 3 is 2.32 bits per heavy atom. The molecule has 3 aromatic rings. The van der Waals surface area contributed by atoms with Gasteiger partial charge in [-0.3, -0.25) is 18.9 Å². The summed E-state index contributed by atoms with van der Waals surface area (Å²) in [6.07, 6.45) is 2.52. The Hall–Kier alpha value is -4.13. The molecule has 15 heteroatoms. The summed E-state index contributed by atoms with van der Waals surface area (Å²) in [6, 6.07) is 8.76. The predicted molar refractivity (Wildman–Crippen MR) is 133 cm³/mol. The highest BCUT2D eigenvalue weighted by Gasteiger charge is 2.33. The first kappa shape index (κ1) is 26.9. The van der Waals surface area contributed by atoms with Crippen molar-refractivity contribution in [1.29, 1.82) is 0 Å². The van der Waals surface area contributed by atoms with E-state index in [1.54, 1.807) is 29.2 Å². The zero-order chi connectivity index (χ0) is 27.4. The molecule has 1 aliphatic heterocycles. The fourth-order valence-corrected chi connectivity index (χ4v) is 4.47. The predicted octanol–water partition coefficient (Wildman–Crippen LogP) is 2.06. The summed E-state index contributed by atoms with van der Waals surface area (Å²) >= 11 is 0. The van der Waals surface area contributed by atoms with E-state index in [0.717, 1.165) is 0 Å². The van der Waals surface area contributed by atoms with E-state index in [1.165, 1.54) is 36.1 Å². The largest absolute Gasteiger partial charge is 0.494 e. The Labute approximate surface area is 216 Å². The molecule has 1 aliphatic rings. The average Bonchev–Trinajstić information content (AvgIpc) is 3.35. The zero-order valence-corrected chi connectivity index (χ0v) is 21.4. The third-order valence-corrected chi connectivity index (χ3v) is 6.68. The molecule has 2 aromatic heterocycles. The van der Waals surface area contributed by atoms with E-state index < -0.39 is 26.2 Å². The highest BCUT2D eigenvalue weighted by molar-refractivity contribution is 7.51. The molecule has 2 amide bonds. The van der Waals surface area contributed by atoms with Gasteiger partial charge in [-0.1, -0.05) is 18.2 Å². The molecule has 1 aromatic carbocycles. The van der Waals surface area contributed by atoms with Crippen molar-refractivity contribution in [3.05, 3.63) is 58.8 Å². The summed E-state index contributed by atoms with van der Waals surface area (Å²) in [5, 5.41) is 0.158. The van der Waals surface area contributed by atoms with E-state index >= 15 is 0 Å².